The molecular weight excluding hydrogens is 286 g/mol. The van der Waals surface area contributed by atoms with Crippen LogP contribution in [0.25, 0.3) is 0 Å². The zero-order valence-corrected chi connectivity index (χ0v) is 11.9. The summed E-state index contributed by atoms with van der Waals surface area (Å²) in [6.07, 6.45) is -4.45. The van der Waals surface area contributed by atoms with Gasteiger partial charge in [0, 0.05) is 6.04 Å². The van der Waals surface area contributed by atoms with Crippen LogP contribution in [0.15, 0.2) is 18.2 Å². The summed E-state index contributed by atoms with van der Waals surface area (Å²) in [7, 11) is 0. The van der Waals surface area contributed by atoms with Gasteiger partial charge in [0.25, 0.3) is 0 Å². The lowest BCUT2D eigenvalue weighted by atomic mass is 9.82. The zero-order chi connectivity index (χ0) is 13.4. The molecule has 1 atom stereocenters. The third-order valence-electron chi connectivity index (χ3n) is 2.60. The Morgan fingerprint density at radius 2 is 1.67 bits per heavy atom. The van der Waals surface area contributed by atoms with E-state index in [-0.39, 0.29) is 22.8 Å². The predicted octanol–water partition coefficient (Wildman–Crippen LogP) is 4.83. The molecule has 0 bridgehead atoms. The highest BCUT2D eigenvalue weighted by Crippen LogP contribution is 2.41. The van der Waals surface area contributed by atoms with Gasteiger partial charge in [-0.15, -0.1) is 12.4 Å². The highest BCUT2D eigenvalue weighted by molar-refractivity contribution is 6.32. The molecule has 0 unspecified atom stereocenters. The molecule has 0 saturated carbocycles. The lowest BCUT2D eigenvalue weighted by Crippen LogP contribution is -2.27. The van der Waals surface area contributed by atoms with Crippen LogP contribution in [0.5, 0.6) is 0 Å². The molecule has 1 aromatic rings. The van der Waals surface area contributed by atoms with E-state index in [1.807, 2.05) is 20.8 Å². The average Bonchev–Trinajstić information content (AvgIpc) is 2.13. The molecule has 0 amide bonds. The van der Waals surface area contributed by atoms with Crippen molar-refractivity contribution in [1.82, 2.24) is 0 Å². The zero-order valence-electron chi connectivity index (χ0n) is 10.3. The van der Waals surface area contributed by atoms with Gasteiger partial charge in [0.2, 0.25) is 0 Å². The molecule has 104 valence electrons. The molecule has 18 heavy (non-hydrogen) atoms. The smallest absolute Gasteiger partial charge is 0.323 e. The maximum Gasteiger partial charge on any atom is 0.417 e. The van der Waals surface area contributed by atoms with Crippen LogP contribution in [-0.4, -0.2) is 0 Å². The van der Waals surface area contributed by atoms with Gasteiger partial charge >= 0.3 is 6.18 Å². The number of nitrogens with two attached hydrogens (primary N) is 1. The molecule has 0 aliphatic heterocycles. The van der Waals surface area contributed by atoms with Crippen molar-refractivity contribution in [3.8, 4) is 0 Å². The first-order valence-corrected chi connectivity index (χ1v) is 5.54. The first-order valence-electron chi connectivity index (χ1n) is 5.16. The molecule has 0 radical (unpaired) electrons. The van der Waals surface area contributed by atoms with Crippen LogP contribution in [-0.2, 0) is 6.18 Å². The number of halogens is 5. The molecule has 0 saturated heterocycles. The molecule has 0 aromatic heterocycles. The quantitative estimate of drug-likeness (QED) is 0.790. The minimum atomic E-state index is -4.45. The summed E-state index contributed by atoms with van der Waals surface area (Å²) in [5.41, 5.74) is 5.07. The fourth-order valence-corrected chi connectivity index (χ4v) is 1.83. The largest absolute Gasteiger partial charge is 0.417 e. The van der Waals surface area contributed by atoms with Crippen molar-refractivity contribution in [3.63, 3.8) is 0 Å². The Hall–Kier alpha value is -0.450. The van der Waals surface area contributed by atoms with Gasteiger partial charge in [0.05, 0.1) is 10.6 Å². The number of hydrogen-bond acceptors (Lipinski definition) is 1. The van der Waals surface area contributed by atoms with E-state index in [1.165, 1.54) is 12.1 Å². The number of hydrogen-bond donors (Lipinski definition) is 1. The van der Waals surface area contributed by atoms with E-state index in [0.717, 1.165) is 6.07 Å². The summed E-state index contributed by atoms with van der Waals surface area (Å²) in [5.74, 6) is 0. The highest BCUT2D eigenvalue weighted by Gasteiger charge is 2.35. The Kier molecular flexibility index (Phi) is 5.54. The van der Waals surface area contributed by atoms with E-state index >= 15 is 0 Å². The third-order valence-corrected chi connectivity index (χ3v) is 3.02. The van der Waals surface area contributed by atoms with Crippen molar-refractivity contribution >= 4 is 24.0 Å². The van der Waals surface area contributed by atoms with Crippen LogP contribution in [0, 0.1) is 5.41 Å². The average molecular weight is 302 g/mol. The van der Waals surface area contributed by atoms with E-state index in [4.69, 9.17) is 17.3 Å². The second kappa shape index (κ2) is 5.68. The molecule has 0 heterocycles. The lowest BCUT2D eigenvalue weighted by Gasteiger charge is -2.28. The van der Waals surface area contributed by atoms with Crippen LogP contribution in [0.1, 0.15) is 37.9 Å². The van der Waals surface area contributed by atoms with Crippen molar-refractivity contribution in [3.05, 3.63) is 34.3 Å². The Bertz CT molecular complexity index is 411. The number of rotatable bonds is 1. The Morgan fingerprint density at radius 3 is 2.06 bits per heavy atom. The van der Waals surface area contributed by atoms with Crippen molar-refractivity contribution in [2.24, 2.45) is 11.1 Å². The molecule has 1 rings (SSSR count). The third kappa shape index (κ3) is 3.77. The van der Waals surface area contributed by atoms with Crippen LogP contribution >= 0.6 is 24.0 Å². The summed E-state index contributed by atoms with van der Waals surface area (Å²) in [5, 5.41) is -0.303. The van der Waals surface area contributed by atoms with Gasteiger partial charge in [-0.25, -0.2) is 0 Å². The normalized spacial score (nSPS) is 14.0. The fraction of sp³-hybridized carbons (Fsp3) is 0.500. The van der Waals surface area contributed by atoms with Gasteiger partial charge in [-0.2, -0.15) is 13.2 Å². The maximum absolute atomic E-state index is 12.7. The van der Waals surface area contributed by atoms with Gasteiger partial charge in [0.1, 0.15) is 0 Å². The molecule has 0 spiro atoms. The lowest BCUT2D eigenvalue weighted by molar-refractivity contribution is -0.137. The summed E-state index contributed by atoms with van der Waals surface area (Å²) >= 11 is 5.79. The van der Waals surface area contributed by atoms with Gasteiger partial charge in [-0.3, -0.25) is 0 Å². The number of alkyl halides is 3. The Morgan fingerprint density at radius 1 is 1.17 bits per heavy atom. The number of benzene rings is 1. The molecule has 0 aliphatic carbocycles. The summed E-state index contributed by atoms with van der Waals surface area (Å²) in [6.45, 7) is 5.57. The van der Waals surface area contributed by atoms with Crippen LogP contribution in [0.2, 0.25) is 5.02 Å². The Balaban J connectivity index is 0.00000289. The van der Waals surface area contributed by atoms with E-state index in [2.05, 4.69) is 0 Å². The van der Waals surface area contributed by atoms with Crippen LogP contribution < -0.4 is 5.73 Å². The maximum atomic E-state index is 12.7. The first-order chi connectivity index (χ1) is 7.55. The van der Waals surface area contributed by atoms with Crippen molar-refractivity contribution in [2.75, 3.05) is 0 Å². The van der Waals surface area contributed by atoms with Crippen molar-refractivity contribution in [2.45, 2.75) is 33.0 Å². The molecular formula is C12H16Cl2F3N. The summed E-state index contributed by atoms with van der Waals surface area (Å²) < 4.78 is 38.0. The standard InChI is InChI=1S/C12H15ClF3N.ClH/c1-11(2,3)10(17)7-5-4-6-8(9(7)13)12(14,15)16;/h4-6,10H,17H2,1-3H3;1H/t10-;/m0./s1. The first kappa shape index (κ1) is 17.6. The second-order valence-electron chi connectivity index (χ2n) is 5.05. The minimum Gasteiger partial charge on any atom is -0.323 e. The van der Waals surface area contributed by atoms with E-state index in [9.17, 15) is 13.2 Å². The summed E-state index contributed by atoms with van der Waals surface area (Å²) in [6, 6.07) is 3.28. The SMILES string of the molecule is CC(C)(C)[C@@H](N)c1cccc(C(F)(F)F)c1Cl.Cl. The minimum absolute atomic E-state index is 0. The molecule has 0 aliphatic rings. The van der Waals surface area contributed by atoms with E-state index < -0.39 is 17.8 Å². The Labute approximate surface area is 116 Å². The van der Waals surface area contributed by atoms with Gasteiger partial charge < -0.3 is 5.73 Å². The molecule has 2 N–H and O–H groups in total. The van der Waals surface area contributed by atoms with Crippen LogP contribution in [0.3, 0.4) is 0 Å². The van der Waals surface area contributed by atoms with Gasteiger partial charge in [-0.05, 0) is 17.0 Å². The predicted molar refractivity (Wildman–Crippen MR) is 70.1 cm³/mol. The van der Waals surface area contributed by atoms with Gasteiger partial charge in [0.15, 0.2) is 0 Å². The molecule has 0 fully saturated rings. The van der Waals surface area contributed by atoms with Crippen LogP contribution in [0.4, 0.5) is 13.2 Å². The monoisotopic (exact) mass is 301 g/mol. The van der Waals surface area contributed by atoms with E-state index in [0.29, 0.717) is 5.56 Å². The second-order valence-corrected chi connectivity index (χ2v) is 5.43. The van der Waals surface area contributed by atoms with Gasteiger partial charge in [-0.1, -0.05) is 44.5 Å². The van der Waals surface area contributed by atoms with E-state index in [1.54, 1.807) is 0 Å². The topological polar surface area (TPSA) is 26.0 Å². The molecule has 1 aromatic carbocycles. The molecule has 6 heteroatoms. The molecule has 1 nitrogen and oxygen atoms in total. The van der Waals surface area contributed by atoms with Crippen molar-refractivity contribution in [1.29, 1.82) is 0 Å². The summed E-state index contributed by atoms with van der Waals surface area (Å²) in [4.78, 5) is 0. The van der Waals surface area contributed by atoms with Crippen molar-refractivity contribution < 1.29 is 13.2 Å². The highest BCUT2D eigenvalue weighted by atomic mass is 35.5. The fourth-order valence-electron chi connectivity index (χ4n) is 1.48.